The molecule has 2 N–H and O–H groups in total. The zero-order valence-corrected chi connectivity index (χ0v) is 37.9. The summed E-state index contributed by atoms with van der Waals surface area (Å²) >= 11 is 0. The van der Waals surface area contributed by atoms with Crippen LogP contribution in [-0.2, 0) is 18.9 Å². The van der Waals surface area contributed by atoms with Crippen molar-refractivity contribution < 1.29 is 38.1 Å². The van der Waals surface area contributed by atoms with Crippen LogP contribution in [0.2, 0.25) is 0 Å². The quantitative estimate of drug-likeness (QED) is 0.0867. The minimum absolute atomic E-state index is 0.408. The second-order valence-electron chi connectivity index (χ2n) is 16.3. The number of nitrogens with one attached hydrogen (secondary N) is 2. The normalized spacial score (nSPS) is 12.5. The number of hydrogen-bond donors (Lipinski definition) is 2. The van der Waals surface area contributed by atoms with Crippen LogP contribution in [0.5, 0.6) is 0 Å². The lowest BCUT2D eigenvalue weighted by Crippen LogP contribution is -2.78. The molecule has 328 valence electrons. The van der Waals surface area contributed by atoms with Gasteiger partial charge in [-0.15, -0.1) is 0 Å². The van der Waals surface area contributed by atoms with Gasteiger partial charge in [0.15, 0.2) is 8.07 Å². The Morgan fingerprint density at radius 3 is 0.687 bits per heavy atom. The molecule has 11 heteroatoms. The second kappa shape index (κ2) is 17.1. The first-order valence-electron chi connectivity index (χ1n) is 21.5. The van der Waals surface area contributed by atoms with E-state index in [2.05, 4.69) is 83.4 Å². The molecule has 2 aliphatic rings. The molecule has 10 nitrogen and oxygen atoms in total. The zero-order valence-electron chi connectivity index (χ0n) is 36.9. The molecule has 0 aromatic heterocycles. The number of carbonyl (C=O) groups is 4. The summed E-state index contributed by atoms with van der Waals surface area (Å²) in [4.78, 5) is 49.9. The van der Waals surface area contributed by atoms with Crippen molar-refractivity contribution in [3.8, 4) is 44.5 Å². The molecule has 0 unspecified atom stereocenters. The lowest BCUT2D eigenvalue weighted by atomic mass is 10.0. The van der Waals surface area contributed by atoms with Gasteiger partial charge in [-0.3, -0.25) is 0 Å². The highest BCUT2D eigenvalue weighted by atomic mass is 28.3. The van der Waals surface area contributed by atoms with E-state index in [0.29, 0.717) is 22.3 Å². The highest BCUT2D eigenvalue weighted by Gasteiger charge is 2.51. The Morgan fingerprint density at radius 1 is 0.299 bits per heavy atom. The van der Waals surface area contributed by atoms with Crippen molar-refractivity contribution in [3.05, 3.63) is 192 Å². The largest absolute Gasteiger partial charge is 0.465 e. The fraction of sp³-hybridized carbons (Fsp3) is 0.0714. The smallest absolute Gasteiger partial charge is 0.337 e. The van der Waals surface area contributed by atoms with Crippen molar-refractivity contribution in [2.24, 2.45) is 0 Å². The number of fused-ring (bicyclic) bond motifs is 8. The summed E-state index contributed by atoms with van der Waals surface area (Å²) in [6.07, 6.45) is 0. The van der Waals surface area contributed by atoms with Crippen molar-refractivity contribution in [2.75, 3.05) is 39.1 Å². The van der Waals surface area contributed by atoms with Gasteiger partial charge in [0, 0.05) is 22.7 Å². The van der Waals surface area contributed by atoms with Gasteiger partial charge in [0.25, 0.3) is 0 Å². The molecule has 2 heterocycles. The van der Waals surface area contributed by atoms with Crippen molar-refractivity contribution in [3.63, 3.8) is 0 Å². The SMILES string of the molecule is COC(=O)c1ccc(-c2ccc3c(c2)[Si]2(c4cc(-c5ccc(C(=O)OC)cc5)ccc4N3)c3cc(-c4ccc(C(=O)OC)cc4)ccc3Nc3ccc(-c4ccc(C(=O)OC)cc4)cc32)cc1. The van der Waals surface area contributed by atoms with Gasteiger partial charge >= 0.3 is 23.9 Å². The Bertz CT molecular complexity index is 2850. The molecule has 0 saturated carbocycles. The van der Waals surface area contributed by atoms with E-state index in [-0.39, 0.29) is 0 Å². The van der Waals surface area contributed by atoms with Gasteiger partial charge in [0.2, 0.25) is 0 Å². The number of rotatable bonds is 8. The van der Waals surface area contributed by atoms with Crippen LogP contribution in [0.1, 0.15) is 41.4 Å². The van der Waals surface area contributed by atoms with Gasteiger partial charge in [-0.2, -0.15) is 0 Å². The molecule has 10 rings (SSSR count). The van der Waals surface area contributed by atoms with Crippen LogP contribution in [0.25, 0.3) is 44.5 Å². The van der Waals surface area contributed by atoms with Crippen LogP contribution >= 0.6 is 0 Å². The Morgan fingerprint density at radius 2 is 0.493 bits per heavy atom. The first kappa shape index (κ1) is 42.4. The molecule has 8 aromatic carbocycles. The van der Waals surface area contributed by atoms with Gasteiger partial charge in [-0.25, -0.2) is 19.2 Å². The summed E-state index contributed by atoms with van der Waals surface area (Å²) < 4.78 is 20.0. The van der Waals surface area contributed by atoms with E-state index >= 15 is 0 Å². The molecule has 67 heavy (non-hydrogen) atoms. The molecule has 8 aromatic rings. The number of anilines is 4. The van der Waals surface area contributed by atoms with Crippen molar-refractivity contribution >= 4 is 75.4 Å². The van der Waals surface area contributed by atoms with Crippen molar-refractivity contribution in [1.82, 2.24) is 0 Å². The first-order chi connectivity index (χ1) is 32.6. The fourth-order valence-electron chi connectivity index (χ4n) is 9.40. The third kappa shape index (κ3) is 7.31. The van der Waals surface area contributed by atoms with Crippen molar-refractivity contribution in [1.29, 1.82) is 0 Å². The standard InChI is InChI=1S/C56H42N2O8Si/c1-63-53(59)37-13-5-33(6-14-37)41-21-25-45-49(29-41)67(50-30-42(22-26-46(50)57-45)34-7-15-38(16-8-34)54(60)64-2)51-31-43(35-9-17-39(18-10-35)55(61)65-3)23-27-47(51)58-48-28-24-44(32-52(48)67)36-11-19-40(20-12-36)56(62)66-4/h5-32,57-58H,1-4H3. The van der Waals surface area contributed by atoms with E-state index in [0.717, 1.165) is 88.0 Å². The Labute approximate surface area is 387 Å². The van der Waals surface area contributed by atoms with Crippen LogP contribution in [0.3, 0.4) is 0 Å². The zero-order chi connectivity index (χ0) is 46.4. The maximum atomic E-state index is 12.5. The molecule has 0 aliphatic carbocycles. The van der Waals surface area contributed by atoms with Gasteiger partial charge in [0.1, 0.15) is 0 Å². The van der Waals surface area contributed by atoms with Gasteiger partial charge in [-0.05, 0) is 138 Å². The summed E-state index contributed by atoms with van der Waals surface area (Å²) in [6.45, 7) is 0. The van der Waals surface area contributed by atoms with Gasteiger partial charge in [-0.1, -0.05) is 97.1 Å². The highest BCUT2D eigenvalue weighted by molar-refractivity contribution is 7.23. The first-order valence-corrected chi connectivity index (χ1v) is 23.5. The Hall–Kier alpha value is -8.54. The molecule has 0 saturated heterocycles. The van der Waals surface area contributed by atoms with Gasteiger partial charge in [0.05, 0.1) is 50.7 Å². The van der Waals surface area contributed by atoms with Crippen LogP contribution in [0.4, 0.5) is 22.7 Å². The van der Waals surface area contributed by atoms with Gasteiger partial charge < -0.3 is 29.6 Å². The Balaban J connectivity index is 1.27. The molecule has 0 bridgehead atoms. The molecule has 0 amide bonds. The number of ether oxygens (including phenoxy) is 4. The maximum Gasteiger partial charge on any atom is 0.337 e. The monoisotopic (exact) mass is 898 g/mol. The van der Waals surface area contributed by atoms with Crippen LogP contribution in [0.15, 0.2) is 170 Å². The Kier molecular flexibility index (Phi) is 10.8. The highest BCUT2D eigenvalue weighted by Crippen LogP contribution is 2.38. The molecule has 0 fully saturated rings. The van der Waals surface area contributed by atoms with Crippen LogP contribution in [0, 0.1) is 0 Å². The number of carbonyl (C=O) groups excluding carboxylic acids is 4. The number of benzene rings is 8. The number of hydrogen-bond acceptors (Lipinski definition) is 10. The summed E-state index contributed by atoms with van der Waals surface area (Å²) in [5, 5.41) is 12.1. The average molecular weight is 899 g/mol. The average Bonchev–Trinajstić information content (AvgIpc) is 3.39. The lowest BCUT2D eigenvalue weighted by molar-refractivity contribution is 0.0592. The second-order valence-corrected chi connectivity index (χ2v) is 20.0. The summed E-state index contributed by atoms with van der Waals surface area (Å²) in [6, 6.07) is 55.9. The topological polar surface area (TPSA) is 129 Å². The molecule has 0 atom stereocenters. The summed E-state index contributed by atoms with van der Waals surface area (Å²) in [5.74, 6) is -1.63. The van der Waals surface area contributed by atoms with Crippen molar-refractivity contribution in [2.45, 2.75) is 0 Å². The number of esters is 4. The van der Waals surface area contributed by atoms with E-state index < -0.39 is 32.0 Å². The van der Waals surface area contributed by atoms with Crippen LogP contribution in [-0.4, -0.2) is 60.4 Å². The third-order valence-electron chi connectivity index (χ3n) is 12.8. The minimum Gasteiger partial charge on any atom is -0.465 e. The summed E-state index contributed by atoms with van der Waals surface area (Å²) in [7, 11) is 2.02. The predicted molar refractivity (Wildman–Crippen MR) is 264 cm³/mol. The third-order valence-corrected chi connectivity index (χ3v) is 17.7. The summed E-state index contributed by atoms with van der Waals surface area (Å²) in [5.41, 5.74) is 13.3. The lowest BCUT2D eigenvalue weighted by Gasteiger charge is -2.45. The van der Waals surface area contributed by atoms with E-state index in [1.807, 2.05) is 48.5 Å². The molecule has 0 radical (unpaired) electrons. The van der Waals surface area contributed by atoms with E-state index in [1.165, 1.54) is 28.4 Å². The number of methoxy groups -OCH3 is 4. The van der Waals surface area contributed by atoms with E-state index in [1.54, 1.807) is 48.5 Å². The molecular formula is C56H42N2O8Si. The fourth-order valence-corrected chi connectivity index (χ4v) is 14.8. The van der Waals surface area contributed by atoms with E-state index in [4.69, 9.17) is 18.9 Å². The molecule has 1 spiro atoms. The molecule has 2 aliphatic heterocycles. The molecular weight excluding hydrogens is 857 g/mol. The maximum absolute atomic E-state index is 12.5. The van der Waals surface area contributed by atoms with Crippen LogP contribution < -0.4 is 31.4 Å². The minimum atomic E-state index is -3.47. The van der Waals surface area contributed by atoms with E-state index in [9.17, 15) is 19.2 Å². The predicted octanol–water partition coefficient (Wildman–Crippen LogP) is 8.99.